The van der Waals surface area contributed by atoms with E-state index in [9.17, 15) is 4.79 Å². The van der Waals surface area contributed by atoms with Crippen LogP contribution in [0.5, 0.6) is 0 Å². The summed E-state index contributed by atoms with van der Waals surface area (Å²) in [7, 11) is 0. The lowest BCUT2D eigenvalue weighted by molar-refractivity contribution is 0.977. The molecular formula is C20H14BrClN2OS. The average molecular weight is 446 g/mol. The Balaban J connectivity index is 1.81. The molecule has 4 aromatic rings. The van der Waals surface area contributed by atoms with Gasteiger partial charge in [-0.25, -0.2) is 4.98 Å². The largest absolute Gasteiger partial charge is 0.310 e. The maximum atomic E-state index is 12.8. The Bertz CT molecular complexity index is 1180. The molecule has 0 bridgehead atoms. The van der Waals surface area contributed by atoms with E-state index in [1.54, 1.807) is 0 Å². The lowest BCUT2D eigenvalue weighted by atomic mass is 10.0. The summed E-state index contributed by atoms with van der Waals surface area (Å²) in [5, 5.41) is 3.31. The van der Waals surface area contributed by atoms with Crippen molar-refractivity contribution in [3.05, 3.63) is 84.6 Å². The third-order valence-corrected chi connectivity index (χ3v) is 5.96. The van der Waals surface area contributed by atoms with Crippen molar-refractivity contribution in [2.45, 2.75) is 13.3 Å². The van der Waals surface area contributed by atoms with Crippen molar-refractivity contribution in [1.82, 2.24) is 9.97 Å². The Kier molecular flexibility index (Phi) is 4.69. The number of hydrogen-bond donors (Lipinski definition) is 1. The monoisotopic (exact) mass is 444 g/mol. The van der Waals surface area contributed by atoms with Gasteiger partial charge in [-0.3, -0.25) is 4.79 Å². The fourth-order valence-electron chi connectivity index (χ4n) is 2.96. The molecule has 0 radical (unpaired) electrons. The summed E-state index contributed by atoms with van der Waals surface area (Å²) >= 11 is 11.1. The lowest BCUT2D eigenvalue weighted by Gasteiger charge is -2.06. The second kappa shape index (κ2) is 6.99. The van der Waals surface area contributed by atoms with Gasteiger partial charge in [-0.2, -0.15) is 0 Å². The first kappa shape index (κ1) is 17.5. The smallest absolute Gasteiger partial charge is 0.260 e. The Morgan fingerprint density at radius 2 is 2.04 bits per heavy atom. The van der Waals surface area contributed by atoms with Gasteiger partial charge in [0, 0.05) is 26.9 Å². The number of hydrogen-bond acceptors (Lipinski definition) is 3. The van der Waals surface area contributed by atoms with Gasteiger partial charge in [-0.15, -0.1) is 11.3 Å². The first-order valence-electron chi connectivity index (χ1n) is 8.02. The zero-order chi connectivity index (χ0) is 18.3. The van der Waals surface area contributed by atoms with Gasteiger partial charge in [-0.05, 0) is 36.2 Å². The summed E-state index contributed by atoms with van der Waals surface area (Å²) in [6.07, 6.45) is 0.535. The van der Waals surface area contributed by atoms with Gasteiger partial charge in [0.05, 0.1) is 5.39 Å². The molecule has 0 aliphatic carbocycles. The van der Waals surface area contributed by atoms with Crippen LogP contribution in [0.4, 0.5) is 0 Å². The van der Waals surface area contributed by atoms with Crippen molar-refractivity contribution in [3.8, 4) is 11.1 Å². The van der Waals surface area contributed by atoms with E-state index in [1.165, 1.54) is 11.3 Å². The molecule has 0 saturated carbocycles. The normalized spacial score (nSPS) is 11.2. The zero-order valence-electron chi connectivity index (χ0n) is 13.8. The van der Waals surface area contributed by atoms with E-state index in [-0.39, 0.29) is 5.56 Å². The average Bonchev–Trinajstić information content (AvgIpc) is 3.01. The van der Waals surface area contributed by atoms with Gasteiger partial charge in [-0.1, -0.05) is 57.4 Å². The maximum Gasteiger partial charge on any atom is 0.260 e. The quantitative estimate of drug-likeness (QED) is 0.422. The third kappa shape index (κ3) is 3.34. The van der Waals surface area contributed by atoms with Crippen LogP contribution in [0.1, 0.15) is 17.0 Å². The number of aromatic nitrogens is 2. The number of aromatic amines is 1. The molecule has 0 fully saturated rings. The molecule has 6 heteroatoms. The number of rotatable bonds is 3. The number of H-pyrrole nitrogens is 1. The van der Waals surface area contributed by atoms with E-state index < -0.39 is 0 Å². The Labute approximate surface area is 167 Å². The molecule has 26 heavy (non-hydrogen) atoms. The fraction of sp³-hybridized carbons (Fsp3) is 0.100. The SMILES string of the molecule is Cc1ccc(Br)c(-c2csc3nc(Cc4cccc(Cl)c4)[nH]c(=O)c23)c1. The second-order valence-electron chi connectivity index (χ2n) is 6.13. The van der Waals surface area contributed by atoms with Gasteiger partial charge in [0.1, 0.15) is 10.7 Å². The summed E-state index contributed by atoms with van der Waals surface area (Å²) in [5.41, 5.74) is 3.95. The fourth-order valence-corrected chi connectivity index (χ4v) is 4.59. The van der Waals surface area contributed by atoms with Crippen molar-refractivity contribution in [2.24, 2.45) is 0 Å². The van der Waals surface area contributed by atoms with Crippen molar-refractivity contribution in [3.63, 3.8) is 0 Å². The predicted octanol–water partition coefficient (Wildman–Crippen LogP) is 5.97. The molecule has 0 aliphatic heterocycles. The molecular weight excluding hydrogens is 432 g/mol. The van der Waals surface area contributed by atoms with Crippen LogP contribution in [0.3, 0.4) is 0 Å². The summed E-state index contributed by atoms with van der Waals surface area (Å²) in [4.78, 5) is 21.1. The molecule has 0 unspecified atom stereocenters. The topological polar surface area (TPSA) is 45.8 Å². The standard InChI is InChI=1S/C20H14BrClN2OS/c1-11-5-6-16(21)14(7-11)15-10-26-20-18(15)19(25)23-17(24-20)9-12-3-2-4-13(22)8-12/h2-8,10H,9H2,1H3,(H,23,24,25). The van der Waals surface area contributed by atoms with Crippen molar-refractivity contribution < 1.29 is 0 Å². The second-order valence-corrected chi connectivity index (χ2v) is 8.28. The van der Waals surface area contributed by atoms with Crippen LogP contribution in [-0.4, -0.2) is 9.97 Å². The Hall–Kier alpha value is -1.95. The number of halogens is 2. The van der Waals surface area contributed by atoms with E-state index >= 15 is 0 Å². The first-order chi connectivity index (χ1) is 12.5. The highest BCUT2D eigenvalue weighted by Gasteiger charge is 2.15. The van der Waals surface area contributed by atoms with E-state index in [1.807, 2.05) is 48.7 Å². The minimum atomic E-state index is -0.114. The molecule has 130 valence electrons. The van der Waals surface area contributed by atoms with Crippen molar-refractivity contribution in [2.75, 3.05) is 0 Å². The molecule has 2 aromatic heterocycles. The van der Waals surface area contributed by atoms with Crippen LogP contribution < -0.4 is 5.56 Å². The van der Waals surface area contributed by atoms with Gasteiger partial charge in [0.2, 0.25) is 0 Å². The Morgan fingerprint density at radius 1 is 1.19 bits per heavy atom. The van der Waals surface area contributed by atoms with Gasteiger partial charge < -0.3 is 4.98 Å². The molecule has 0 amide bonds. The van der Waals surface area contributed by atoms with Crippen LogP contribution in [0.25, 0.3) is 21.3 Å². The third-order valence-electron chi connectivity index (χ3n) is 4.17. The summed E-state index contributed by atoms with van der Waals surface area (Å²) in [6.45, 7) is 2.04. The molecule has 4 rings (SSSR count). The Morgan fingerprint density at radius 3 is 2.85 bits per heavy atom. The van der Waals surface area contributed by atoms with E-state index in [0.717, 1.165) is 31.6 Å². The van der Waals surface area contributed by atoms with E-state index in [2.05, 4.69) is 32.0 Å². The first-order valence-corrected chi connectivity index (χ1v) is 10.1. The van der Waals surface area contributed by atoms with Crippen LogP contribution >= 0.6 is 38.9 Å². The highest BCUT2D eigenvalue weighted by atomic mass is 79.9. The molecule has 1 N–H and O–H groups in total. The summed E-state index contributed by atoms with van der Waals surface area (Å²) in [5.74, 6) is 0.640. The van der Waals surface area contributed by atoms with E-state index in [4.69, 9.17) is 11.6 Å². The molecule has 2 aromatic carbocycles. The molecule has 2 heterocycles. The predicted molar refractivity (Wildman–Crippen MR) is 112 cm³/mol. The lowest BCUT2D eigenvalue weighted by Crippen LogP contribution is -2.11. The van der Waals surface area contributed by atoms with Gasteiger partial charge in [0.25, 0.3) is 5.56 Å². The van der Waals surface area contributed by atoms with Crippen LogP contribution in [0.15, 0.2) is 57.1 Å². The number of nitrogens with zero attached hydrogens (tertiary/aromatic N) is 1. The van der Waals surface area contributed by atoms with Crippen LogP contribution in [0, 0.1) is 6.92 Å². The highest BCUT2D eigenvalue weighted by Crippen LogP contribution is 2.35. The van der Waals surface area contributed by atoms with Crippen LogP contribution in [0.2, 0.25) is 5.02 Å². The molecule has 0 spiro atoms. The summed E-state index contributed by atoms with van der Waals surface area (Å²) < 4.78 is 0.963. The maximum absolute atomic E-state index is 12.8. The van der Waals surface area contributed by atoms with Crippen molar-refractivity contribution >= 4 is 49.1 Å². The van der Waals surface area contributed by atoms with E-state index in [0.29, 0.717) is 22.7 Å². The number of nitrogens with one attached hydrogen (secondary N) is 1. The molecule has 0 aliphatic rings. The number of thiophene rings is 1. The molecule has 0 saturated heterocycles. The highest BCUT2D eigenvalue weighted by molar-refractivity contribution is 9.10. The van der Waals surface area contributed by atoms with Gasteiger partial charge >= 0.3 is 0 Å². The number of fused-ring (bicyclic) bond motifs is 1. The van der Waals surface area contributed by atoms with Crippen LogP contribution in [-0.2, 0) is 6.42 Å². The van der Waals surface area contributed by atoms with Crippen molar-refractivity contribution in [1.29, 1.82) is 0 Å². The molecule has 3 nitrogen and oxygen atoms in total. The number of benzene rings is 2. The zero-order valence-corrected chi connectivity index (χ0v) is 17.0. The number of aryl methyl sites for hydroxylation is 1. The minimum Gasteiger partial charge on any atom is -0.310 e. The van der Waals surface area contributed by atoms with Gasteiger partial charge in [0.15, 0.2) is 0 Å². The molecule has 0 atom stereocenters. The minimum absolute atomic E-state index is 0.114. The summed E-state index contributed by atoms with van der Waals surface area (Å²) in [6, 6.07) is 13.7.